The summed E-state index contributed by atoms with van der Waals surface area (Å²) in [5, 5.41) is 3.06. The number of sulfonamides is 1. The van der Waals surface area contributed by atoms with Crippen molar-refractivity contribution in [2.45, 2.75) is 45.2 Å². The van der Waals surface area contributed by atoms with Gasteiger partial charge in [0, 0.05) is 18.1 Å². The highest BCUT2D eigenvalue weighted by Crippen LogP contribution is 2.35. The Hall–Kier alpha value is -3.63. The maximum Gasteiger partial charge on any atom is 0.264 e. The molecule has 220 valence electrons. The number of nitrogens with one attached hydrogen (secondary N) is 1. The van der Waals surface area contributed by atoms with Crippen molar-refractivity contribution >= 4 is 39.1 Å². The van der Waals surface area contributed by atoms with Crippen LogP contribution in [0.4, 0.5) is 10.1 Å². The van der Waals surface area contributed by atoms with Crippen LogP contribution in [0.1, 0.15) is 31.9 Å². The number of methoxy groups -OCH3 is 1. The average molecular weight is 604 g/mol. The summed E-state index contributed by atoms with van der Waals surface area (Å²) >= 11 is 6.25. The van der Waals surface area contributed by atoms with E-state index in [0.717, 1.165) is 9.87 Å². The van der Waals surface area contributed by atoms with E-state index in [1.807, 2.05) is 20.8 Å². The molecule has 8 nitrogen and oxygen atoms in total. The van der Waals surface area contributed by atoms with E-state index in [1.54, 1.807) is 25.1 Å². The number of nitrogens with zero attached hydrogens (tertiary/aromatic N) is 2. The van der Waals surface area contributed by atoms with E-state index in [1.165, 1.54) is 60.5 Å². The summed E-state index contributed by atoms with van der Waals surface area (Å²) in [7, 11) is -2.92. The maximum absolute atomic E-state index is 14.0. The van der Waals surface area contributed by atoms with Crippen LogP contribution in [-0.2, 0) is 26.2 Å². The smallest absolute Gasteiger partial charge is 0.264 e. The SMILES string of the molecule is COc1ccc(Cl)cc1N(CC(=O)N(Cc1ccc(F)cc1)[C@@H](C)C(=O)NCC(C)C)S(=O)(=O)c1ccc(C)cc1. The Bertz CT molecular complexity index is 1460. The van der Waals surface area contributed by atoms with E-state index in [-0.39, 0.29) is 33.8 Å². The van der Waals surface area contributed by atoms with Gasteiger partial charge in [0.15, 0.2) is 0 Å². The summed E-state index contributed by atoms with van der Waals surface area (Å²) in [5.41, 5.74) is 1.49. The van der Waals surface area contributed by atoms with Gasteiger partial charge in [0.1, 0.15) is 24.2 Å². The number of aryl methyl sites for hydroxylation is 1. The quantitative estimate of drug-likeness (QED) is 0.308. The molecule has 0 fully saturated rings. The highest BCUT2D eigenvalue weighted by atomic mass is 35.5. The van der Waals surface area contributed by atoms with Crippen LogP contribution in [0.25, 0.3) is 0 Å². The van der Waals surface area contributed by atoms with Crippen LogP contribution in [0.2, 0.25) is 5.02 Å². The third-order valence-electron chi connectivity index (χ3n) is 6.42. The monoisotopic (exact) mass is 603 g/mol. The Morgan fingerprint density at radius 1 is 1.00 bits per heavy atom. The van der Waals surface area contributed by atoms with Gasteiger partial charge in [-0.25, -0.2) is 12.8 Å². The van der Waals surface area contributed by atoms with Crippen LogP contribution in [0, 0.1) is 18.7 Å². The maximum atomic E-state index is 14.0. The molecule has 0 spiro atoms. The molecule has 1 N–H and O–H groups in total. The fraction of sp³-hybridized carbons (Fsp3) is 0.333. The fourth-order valence-electron chi connectivity index (χ4n) is 4.03. The number of hydrogen-bond acceptors (Lipinski definition) is 5. The number of carbonyl (C=O) groups is 2. The van der Waals surface area contributed by atoms with Crippen LogP contribution in [-0.4, -0.2) is 51.4 Å². The molecule has 41 heavy (non-hydrogen) atoms. The first-order valence-corrected chi connectivity index (χ1v) is 14.9. The molecule has 0 aliphatic rings. The molecule has 0 unspecified atom stereocenters. The van der Waals surface area contributed by atoms with Crippen LogP contribution in [0.3, 0.4) is 0 Å². The predicted molar refractivity (Wildman–Crippen MR) is 158 cm³/mol. The molecule has 2 amide bonds. The zero-order chi connectivity index (χ0) is 30.3. The lowest BCUT2D eigenvalue weighted by Crippen LogP contribution is -2.51. The number of rotatable bonds is 12. The van der Waals surface area contributed by atoms with Gasteiger partial charge in [-0.2, -0.15) is 0 Å². The molecule has 3 aromatic carbocycles. The third-order valence-corrected chi connectivity index (χ3v) is 8.42. The van der Waals surface area contributed by atoms with Gasteiger partial charge in [0.25, 0.3) is 10.0 Å². The van der Waals surface area contributed by atoms with Crippen molar-refractivity contribution in [2.24, 2.45) is 5.92 Å². The molecule has 3 rings (SSSR count). The zero-order valence-electron chi connectivity index (χ0n) is 23.7. The Balaban J connectivity index is 2.08. The summed E-state index contributed by atoms with van der Waals surface area (Å²) in [6.45, 7) is 6.97. The highest BCUT2D eigenvalue weighted by Gasteiger charge is 2.34. The van der Waals surface area contributed by atoms with Gasteiger partial charge >= 0.3 is 0 Å². The van der Waals surface area contributed by atoms with Gasteiger partial charge in [-0.1, -0.05) is 55.3 Å². The number of benzene rings is 3. The van der Waals surface area contributed by atoms with Gasteiger partial charge in [0.05, 0.1) is 17.7 Å². The number of hydrogen-bond donors (Lipinski definition) is 1. The number of ether oxygens (including phenoxy) is 1. The minimum atomic E-state index is -4.30. The molecule has 3 aromatic rings. The van der Waals surface area contributed by atoms with Crippen molar-refractivity contribution < 1.29 is 27.1 Å². The van der Waals surface area contributed by atoms with E-state index >= 15 is 0 Å². The van der Waals surface area contributed by atoms with Gasteiger partial charge in [-0.15, -0.1) is 0 Å². The van der Waals surface area contributed by atoms with Crippen LogP contribution >= 0.6 is 11.6 Å². The van der Waals surface area contributed by atoms with Crippen molar-refractivity contribution in [2.75, 3.05) is 24.5 Å². The Morgan fingerprint density at radius 2 is 1.63 bits per heavy atom. The lowest BCUT2D eigenvalue weighted by molar-refractivity contribution is -0.139. The first-order chi connectivity index (χ1) is 19.3. The summed E-state index contributed by atoms with van der Waals surface area (Å²) in [6, 6.07) is 15.3. The van der Waals surface area contributed by atoms with E-state index < -0.39 is 40.2 Å². The standard InChI is InChI=1S/C30H35ClFN3O5S/c1-20(2)17-33-30(37)22(4)34(18-23-8-11-25(32)12-9-23)29(36)19-35(27-16-24(31)10-15-28(27)40-5)41(38,39)26-13-6-21(3)7-14-26/h6-16,20,22H,17-19H2,1-5H3,(H,33,37)/t22-/m0/s1. The van der Waals surface area contributed by atoms with Crippen LogP contribution < -0.4 is 14.4 Å². The molecule has 0 radical (unpaired) electrons. The molecule has 0 aromatic heterocycles. The second-order valence-corrected chi connectivity index (χ2v) is 12.4. The summed E-state index contributed by atoms with van der Waals surface area (Å²) in [4.78, 5) is 28.3. The molecule has 0 aliphatic heterocycles. The fourth-order valence-corrected chi connectivity index (χ4v) is 5.61. The van der Waals surface area contributed by atoms with Crippen LogP contribution in [0.5, 0.6) is 5.75 Å². The third kappa shape index (κ3) is 8.20. The average Bonchev–Trinajstić information content (AvgIpc) is 2.93. The highest BCUT2D eigenvalue weighted by molar-refractivity contribution is 7.92. The number of anilines is 1. The number of halogens is 2. The molecular formula is C30H35ClFN3O5S. The molecule has 0 bridgehead atoms. The molecule has 1 atom stereocenters. The van der Waals surface area contributed by atoms with Crippen molar-refractivity contribution in [1.82, 2.24) is 10.2 Å². The van der Waals surface area contributed by atoms with Gasteiger partial charge in [-0.3, -0.25) is 13.9 Å². The number of amides is 2. The molecule has 0 aliphatic carbocycles. The molecule has 11 heteroatoms. The van der Waals surface area contributed by atoms with E-state index in [0.29, 0.717) is 12.1 Å². The van der Waals surface area contributed by atoms with Crippen molar-refractivity contribution in [1.29, 1.82) is 0 Å². The minimum absolute atomic E-state index is 0.0364. The Labute approximate surface area is 246 Å². The molecular weight excluding hydrogens is 569 g/mol. The lowest BCUT2D eigenvalue weighted by Gasteiger charge is -2.32. The summed E-state index contributed by atoms with van der Waals surface area (Å²) in [6.07, 6.45) is 0. The second kappa shape index (κ2) is 13.8. The first-order valence-electron chi connectivity index (χ1n) is 13.1. The molecule has 0 heterocycles. The molecule has 0 saturated heterocycles. The zero-order valence-corrected chi connectivity index (χ0v) is 25.3. The predicted octanol–water partition coefficient (Wildman–Crippen LogP) is 5.18. The van der Waals surface area contributed by atoms with Gasteiger partial charge in [-0.05, 0) is 67.8 Å². The van der Waals surface area contributed by atoms with Crippen molar-refractivity contribution in [3.8, 4) is 5.75 Å². The molecule has 0 saturated carbocycles. The normalized spacial score (nSPS) is 12.1. The van der Waals surface area contributed by atoms with E-state index in [9.17, 15) is 22.4 Å². The van der Waals surface area contributed by atoms with E-state index in [4.69, 9.17) is 16.3 Å². The lowest BCUT2D eigenvalue weighted by atomic mass is 10.1. The van der Waals surface area contributed by atoms with E-state index in [2.05, 4.69) is 5.32 Å². The summed E-state index contributed by atoms with van der Waals surface area (Å²) < 4.78 is 47.9. The Morgan fingerprint density at radius 3 is 2.22 bits per heavy atom. The van der Waals surface area contributed by atoms with Crippen LogP contribution in [0.15, 0.2) is 71.6 Å². The van der Waals surface area contributed by atoms with Crippen molar-refractivity contribution in [3.63, 3.8) is 0 Å². The second-order valence-electron chi connectivity index (χ2n) is 10.1. The Kier molecular flexibility index (Phi) is 10.8. The van der Waals surface area contributed by atoms with Gasteiger partial charge in [0.2, 0.25) is 11.8 Å². The largest absolute Gasteiger partial charge is 0.495 e. The topological polar surface area (TPSA) is 96.0 Å². The van der Waals surface area contributed by atoms with Crippen molar-refractivity contribution in [3.05, 3.63) is 88.7 Å². The summed E-state index contributed by atoms with van der Waals surface area (Å²) in [5.74, 6) is -1.14. The van der Waals surface area contributed by atoms with Gasteiger partial charge < -0.3 is 15.0 Å². The minimum Gasteiger partial charge on any atom is -0.495 e. The number of carbonyl (C=O) groups excluding carboxylic acids is 2. The first kappa shape index (κ1) is 31.9.